The lowest BCUT2D eigenvalue weighted by Gasteiger charge is -2.09. The average Bonchev–Trinajstić information content (AvgIpc) is 2.34. The number of aryl methyl sites for hydroxylation is 2. The molecule has 1 aromatic rings. The molecule has 1 atom stereocenters. The molecule has 1 rings (SSSR count). The molecule has 0 saturated heterocycles. The van der Waals surface area contributed by atoms with Crippen LogP contribution in [0.2, 0.25) is 0 Å². The van der Waals surface area contributed by atoms with E-state index in [1.807, 2.05) is 0 Å². The molecule has 16 heavy (non-hydrogen) atoms. The van der Waals surface area contributed by atoms with E-state index in [0.29, 0.717) is 12.5 Å². The third-order valence-electron chi connectivity index (χ3n) is 2.82. The number of hydrogen-bond donors (Lipinski definition) is 0. The number of hydrogen-bond acceptors (Lipinski definition) is 2. The predicted molar refractivity (Wildman–Crippen MR) is 65.6 cm³/mol. The number of carbonyl (C=O) groups is 1. The number of methoxy groups -OCH3 is 1. The number of aldehydes is 1. The van der Waals surface area contributed by atoms with Crippen LogP contribution in [0.3, 0.4) is 0 Å². The summed E-state index contributed by atoms with van der Waals surface area (Å²) >= 11 is 0. The van der Waals surface area contributed by atoms with Crippen LogP contribution in [0, 0.1) is 0 Å². The van der Waals surface area contributed by atoms with Crippen molar-refractivity contribution in [1.29, 1.82) is 0 Å². The lowest BCUT2D eigenvalue weighted by molar-refractivity contribution is -0.107. The molecule has 2 heteroatoms. The van der Waals surface area contributed by atoms with Crippen LogP contribution in [-0.2, 0) is 22.4 Å². The molecule has 0 aliphatic carbocycles. The van der Waals surface area contributed by atoms with Gasteiger partial charge in [-0.15, -0.1) is 0 Å². The molecule has 1 unspecified atom stereocenters. The first kappa shape index (κ1) is 12.9. The number of rotatable bonds is 7. The van der Waals surface area contributed by atoms with Crippen LogP contribution < -0.4 is 0 Å². The normalized spacial score (nSPS) is 12.4. The smallest absolute Gasteiger partial charge is 0.120 e. The summed E-state index contributed by atoms with van der Waals surface area (Å²) < 4.78 is 5.21. The highest BCUT2D eigenvalue weighted by atomic mass is 16.5. The maximum atomic E-state index is 10.2. The number of ether oxygens (including phenoxy) is 1. The van der Waals surface area contributed by atoms with Crippen LogP contribution >= 0.6 is 0 Å². The first-order valence-electron chi connectivity index (χ1n) is 5.80. The molecular weight excluding hydrogens is 200 g/mol. The van der Waals surface area contributed by atoms with Gasteiger partial charge in [-0.05, 0) is 37.3 Å². The topological polar surface area (TPSA) is 26.3 Å². The van der Waals surface area contributed by atoms with Crippen molar-refractivity contribution in [2.75, 3.05) is 7.11 Å². The Bertz CT molecular complexity index is 303. The van der Waals surface area contributed by atoms with Crippen molar-refractivity contribution < 1.29 is 9.53 Å². The Kier molecular flexibility index (Phi) is 5.79. The lowest BCUT2D eigenvalue weighted by Crippen LogP contribution is -2.05. The minimum Gasteiger partial charge on any atom is -0.382 e. The fourth-order valence-corrected chi connectivity index (χ4v) is 1.59. The van der Waals surface area contributed by atoms with Crippen LogP contribution in [0.4, 0.5) is 0 Å². The van der Waals surface area contributed by atoms with E-state index in [4.69, 9.17) is 4.74 Å². The monoisotopic (exact) mass is 220 g/mol. The standard InChI is InChI=1S/C14H20O2/c1-12(16-2)5-6-14-9-7-13(8-10-14)4-3-11-15/h7-12H,3-6H2,1-2H3. The van der Waals surface area contributed by atoms with Crippen LogP contribution in [0.25, 0.3) is 0 Å². The maximum absolute atomic E-state index is 10.2. The second kappa shape index (κ2) is 7.18. The van der Waals surface area contributed by atoms with E-state index in [1.165, 1.54) is 11.1 Å². The SMILES string of the molecule is COC(C)CCc1ccc(CCC=O)cc1. The zero-order valence-electron chi connectivity index (χ0n) is 10.1. The van der Waals surface area contributed by atoms with Crippen LogP contribution in [0.5, 0.6) is 0 Å². The van der Waals surface area contributed by atoms with Crippen LogP contribution in [0.15, 0.2) is 24.3 Å². The first-order valence-corrected chi connectivity index (χ1v) is 5.80. The molecule has 0 fully saturated rings. The summed E-state index contributed by atoms with van der Waals surface area (Å²) in [6.45, 7) is 2.08. The van der Waals surface area contributed by atoms with Gasteiger partial charge < -0.3 is 9.53 Å². The van der Waals surface area contributed by atoms with Gasteiger partial charge in [-0.3, -0.25) is 0 Å². The van der Waals surface area contributed by atoms with Crippen molar-refractivity contribution in [3.05, 3.63) is 35.4 Å². The average molecular weight is 220 g/mol. The Morgan fingerprint density at radius 2 is 1.75 bits per heavy atom. The summed E-state index contributed by atoms with van der Waals surface area (Å²) in [7, 11) is 1.74. The molecule has 0 radical (unpaired) electrons. The highest BCUT2D eigenvalue weighted by Crippen LogP contribution is 2.10. The van der Waals surface area contributed by atoms with Gasteiger partial charge in [0.2, 0.25) is 0 Å². The van der Waals surface area contributed by atoms with Crippen LogP contribution in [-0.4, -0.2) is 19.5 Å². The molecule has 0 heterocycles. The fraction of sp³-hybridized carbons (Fsp3) is 0.500. The summed E-state index contributed by atoms with van der Waals surface area (Å²) in [5.41, 5.74) is 2.56. The Hall–Kier alpha value is -1.15. The zero-order chi connectivity index (χ0) is 11.8. The number of carbonyl (C=O) groups excluding carboxylic acids is 1. The summed E-state index contributed by atoms with van der Waals surface area (Å²) in [5, 5.41) is 0. The van der Waals surface area contributed by atoms with Crippen molar-refractivity contribution in [2.45, 2.75) is 38.7 Å². The van der Waals surface area contributed by atoms with Gasteiger partial charge in [-0.2, -0.15) is 0 Å². The molecular formula is C14H20O2. The predicted octanol–water partition coefficient (Wildman–Crippen LogP) is 2.79. The molecule has 0 amide bonds. The van der Waals surface area contributed by atoms with Crippen molar-refractivity contribution in [3.8, 4) is 0 Å². The molecule has 2 nitrogen and oxygen atoms in total. The molecule has 0 aliphatic rings. The van der Waals surface area contributed by atoms with Gasteiger partial charge in [-0.1, -0.05) is 24.3 Å². The Labute approximate surface area is 97.6 Å². The summed E-state index contributed by atoms with van der Waals surface area (Å²) in [4.78, 5) is 10.2. The van der Waals surface area contributed by atoms with Crippen molar-refractivity contribution in [2.24, 2.45) is 0 Å². The van der Waals surface area contributed by atoms with E-state index in [0.717, 1.165) is 25.5 Å². The zero-order valence-corrected chi connectivity index (χ0v) is 10.1. The highest BCUT2D eigenvalue weighted by Gasteiger charge is 2.00. The molecule has 0 saturated carbocycles. The second-order valence-electron chi connectivity index (χ2n) is 4.11. The minimum atomic E-state index is 0.315. The third-order valence-corrected chi connectivity index (χ3v) is 2.82. The summed E-state index contributed by atoms with van der Waals surface area (Å²) in [6, 6.07) is 8.50. The maximum Gasteiger partial charge on any atom is 0.120 e. The fourth-order valence-electron chi connectivity index (χ4n) is 1.59. The van der Waals surface area contributed by atoms with E-state index in [2.05, 4.69) is 31.2 Å². The van der Waals surface area contributed by atoms with Gasteiger partial charge in [0.05, 0.1) is 6.10 Å². The number of benzene rings is 1. The van der Waals surface area contributed by atoms with E-state index in [-0.39, 0.29) is 0 Å². The molecule has 0 aromatic heterocycles. The van der Waals surface area contributed by atoms with Crippen molar-refractivity contribution in [3.63, 3.8) is 0 Å². The molecule has 0 aliphatic heterocycles. The first-order chi connectivity index (χ1) is 7.76. The molecule has 0 bridgehead atoms. The molecule has 1 aromatic carbocycles. The summed E-state index contributed by atoms with van der Waals surface area (Å²) in [6.07, 6.45) is 4.83. The highest BCUT2D eigenvalue weighted by molar-refractivity contribution is 5.50. The molecule has 0 N–H and O–H groups in total. The molecule has 0 spiro atoms. The van der Waals surface area contributed by atoms with Gasteiger partial charge in [0.15, 0.2) is 0 Å². The quantitative estimate of drug-likeness (QED) is 0.660. The van der Waals surface area contributed by atoms with E-state index in [9.17, 15) is 4.79 Å². The Balaban J connectivity index is 2.41. The van der Waals surface area contributed by atoms with Crippen molar-refractivity contribution >= 4 is 6.29 Å². The van der Waals surface area contributed by atoms with E-state index >= 15 is 0 Å². The van der Waals surface area contributed by atoms with Gasteiger partial charge in [0, 0.05) is 13.5 Å². The summed E-state index contributed by atoms with van der Waals surface area (Å²) in [5.74, 6) is 0. The third kappa shape index (κ3) is 4.58. The van der Waals surface area contributed by atoms with Gasteiger partial charge >= 0.3 is 0 Å². The van der Waals surface area contributed by atoms with Gasteiger partial charge in [0.25, 0.3) is 0 Å². The lowest BCUT2D eigenvalue weighted by atomic mass is 10.0. The largest absolute Gasteiger partial charge is 0.382 e. The minimum absolute atomic E-state index is 0.315. The van der Waals surface area contributed by atoms with Gasteiger partial charge in [-0.25, -0.2) is 0 Å². The van der Waals surface area contributed by atoms with E-state index in [1.54, 1.807) is 7.11 Å². The second-order valence-corrected chi connectivity index (χ2v) is 4.11. The van der Waals surface area contributed by atoms with Gasteiger partial charge in [0.1, 0.15) is 6.29 Å². The molecule has 88 valence electrons. The Morgan fingerprint density at radius 3 is 2.25 bits per heavy atom. The van der Waals surface area contributed by atoms with Crippen molar-refractivity contribution in [1.82, 2.24) is 0 Å². The van der Waals surface area contributed by atoms with Crippen LogP contribution in [0.1, 0.15) is 30.9 Å². The van der Waals surface area contributed by atoms with E-state index < -0.39 is 0 Å². The Morgan fingerprint density at radius 1 is 1.19 bits per heavy atom.